The number of fused-ring (bicyclic) bond motifs is 1. The Bertz CT molecular complexity index is 960. The number of halogens is 2. The Balaban J connectivity index is 1.44. The highest BCUT2D eigenvalue weighted by Gasteiger charge is 2.73. The second kappa shape index (κ2) is 5.10. The van der Waals surface area contributed by atoms with Crippen molar-refractivity contribution in [3.8, 4) is 0 Å². The largest absolute Gasteiger partial charge is 0.273 e. The summed E-state index contributed by atoms with van der Waals surface area (Å²) in [6.07, 6.45) is 3.13. The first-order valence-electron chi connectivity index (χ1n) is 9.59. The van der Waals surface area contributed by atoms with Crippen LogP contribution in [0.3, 0.4) is 0 Å². The lowest BCUT2D eigenvalue weighted by Crippen LogP contribution is -2.44. The molecule has 5 atom stereocenters. The number of benzene rings is 1. The van der Waals surface area contributed by atoms with Crippen molar-refractivity contribution in [2.75, 3.05) is 5.75 Å². The molecule has 2 bridgehead atoms. The van der Waals surface area contributed by atoms with E-state index in [9.17, 15) is 22.0 Å². The molecule has 1 spiro atoms. The molecule has 4 fully saturated rings. The molecule has 2 unspecified atom stereocenters. The first-order chi connectivity index (χ1) is 12.6. The van der Waals surface area contributed by atoms with Gasteiger partial charge in [0.25, 0.3) is 0 Å². The van der Waals surface area contributed by atoms with E-state index in [4.69, 9.17) is 0 Å². The van der Waals surface area contributed by atoms with Gasteiger partial charge in [-0.05, 0) is 60.6 Å². The van der Waals surface area contributed by atoms with Crippen LogP contribution in [0.2, 0.25) is 0 Å². The van der Waals surface area contributed by atoms with Crippen LogP contribution >= 0.6 is 0 Å². The van der Waals surface area contributed by atoms with Crippen molar-refractivity contribution < 1.29 is 22.0 Å². The van der Waals surface area contributed by atoms with E-state index in [-0.39, 0.29) is 34.4 Å². The van der Waals surface area contributed by atoms with Crippen molar-refractivity contribution in [3.63, 3.8) is 0 Å². The third kappa shape index (κ3) is 2.12. The molecular formula is C20H23F2NO3S. The van der Waals surface area contributed by atoms with Crippen molar-refractivity contribution in [1.29, 1.82) is 0 Å². The average Bonchev–Trinajstić information content (AvgIpc) is 3.24. The fourth-order valence-corrected chi connectivity index (χ4v) is 8.91. The molecule has 4 nitrogen and oxygen atoms in total. The molecule has 1 heterocycles. The van der Waals surface area contributed by atoms with E-state index in [1.807, 2.05) is 0 Å². The van der Waals surface area contributed by atoms with E-state index in [1.54, 1.807) is 0 Å². The van der Waals surface area contributed by atoms with Crippen LogP contribution in [-0.4, -0.2) is 30.4 Å². The van der Waals surface area contributed by atoms with E-state index < -0.39 is 27.6 Å². The smallest absolute Gasteiger partial charge is 0.240 e. The van der Waals surface area contributed by atoms with Gasteiger partial charge in [-0.1, -0.05) is 19.9 Å². The number of carbonyl (C=O) groups is 1. The maximum absolute atomic E-state index is 13.5. The second-order valence-electron chi connectivity index (χ2n) is 9.38. The molecule has 4 aliphatic rings. The summed E-state index contributed by atoms with van der Waals surface area (Å²) in [4.78, 5) is 13.2. The van der Waals surface area contributed by atoms with Crippen LogP contribution in [0, 0.1) is 34.3 Å². The van der Waals surface area contributed by atoms with Crippen LogP contribution in [-0.2, 0) is 14.8 Å². The van der Waals surface area contributed by atoms with Gasteiger partial charge in [0.15, 0.2) is 11.6 Å². The van der Waals surface area contributed by atoms with Gasteiger partial charge in [-0.2, -0.15) is 0 Å². The number of hydrogen-bond acceptors (Lipinski definition) is 3. The van der Waals surface area contributed by atoms with E-state index >= 15 is 0 Å². The van der Waals surface area contributed by atoms with Gasteiger partial charge in [0, 0.05) is 11.3 Å². The Labute approximate surface area is 158 Å². The summed E-state index contributed by atoms with van der Waals surface area (Å²) in [7, 11) is -3.64. The molecule has 1 amide bonds. The van der Waals surface area contributed by atoms with Crippen molar-refractivity contribution in [3.05, 3.63) is 35.4 Å². The Hall–Kier alpha value is -1.50. The van der Waals surface area contributed by atoms with Crippen LogP contribution in [0.4, 0.5) is 8.78 Å². The number of amides is 1. The SMILES string of the molecule is CC1(C)C2CC[C@]13CS(=O)(=O)N(C(=O)[C@@H]1C[C@H]1c1ccc(F)c(F)c1)C3C2. The average molecular weight is 395 g/mol. The van der Waals surface area contributed by atoms with E-state index in [2.05, 4.69) is 13.8 Å². The molecule has 1 saturated heterocycles. The summed E-state index contributed by atoms with van der Waals surface area (Å²) in [6.45, 7) is 4.30. The van der Waals surface area contributed by atoms with Crippen LogP contribution in [0.1, 0.15) is 51.0 Å². The summed E-state index contributed by atoms with van der Waals surface area (Å²) in [5.41, 5.74) is 0.147. The molecular weight excluding hydrogens is 372 g/mol. The quantitative estimate of drug-likeness (QED) is 0.771. The first kappa shape index (κ1) is 17.6. The van der Waals surface area contributed by atoms with Crippen LogP contribution in [0.25, 0.3) is 0 Å². The zero-order valence-corrected chi connectivity index (χ0v) is 16.2. The third-order valence-electron chi connectivity index (χ3n) is 8.11. The number of sulfonamides is 1. The molecule has 1 aromatic rings. The number of nitrogens with zero attached hydrogens (tertiary/aromatic N) is 1. The fraction of sp³-hybridized carbons (Fsp3) is 0.650. The summed E-state index contributed by atoms with van der Waals surface area (Å²) >= 11 is 0. The zero-order valence-electron chi connectivity index (χ0n) is 15.4. The van der Waals surface area contributed by atoms with Crippen LogP contribution in [0.15, 0.2) is 18.2 Å². The molecule has 3 aliphatic carbocycles. The number of rotatable bonds is 2. The lowest BCUT2D eigenvalue weighted by atomic mass is 9.69. The van der Waals surface area contributed by atoms with Crippen molar-refractivity contribution in [2.24, 2.45) is 22.7 Å². The maximum atomic E-state index is 13.5. The predicted molar refractivity (Wildman–Crippen MR) is 95.2 cm³/mol. The Morgan fingerprint density at radius 2 is 1.93 bits per heavy atom. The third-order valence-corrected chi connectivity index (χ3v) is 10.0. The number of hydrogen-bond donors (Lipinski definition) is 0. The lowest BCUT2D eigenvalue weighted by Gasteiger charge is -2.37. The summed E-state index contributed by atoms with van der Waals surface area (Å²) in [6, 6.07) is 3.42. The van der Waals surface area contributed by atoms with Crippen molar-refractivity contribution in [1.82, 2.24) is 4.31 Å². The van der Waals surface area contributed by atoms with Gasteiger partial charge in [0.1, 0.15) is 0 Å². The fourth-order valence-electron chi connectivity index (χ4n) is 6.32. The highest BCUT2D eigenvalue weighted by atomic mass is 32.2. The minimum atomic E-state index is -3.64. The van der Waals surface area contributed by atoms with Gasteiger partial charge < -0.3 is 0 Å². The molecule has 1 aliphatic heterocycles. The molecule has 5 rings (SSSR count). The highest BCUT2D eigenvalue weighted by molar-refractivity contribution is 7.90. The molecule has 0 aromatic heterocycles. The minimum Gasteiger partial charge on any atom is -0.273 e. The van der Waals surface area contributed by atoms with Gasteiger partial charge in [-0.15, -0.1) is 0 Å². The lowest BCUT2D eigenvalue weighted by molar-refractivity contribution is -0.130. The van der Waals surface area contributed by atoms with Crippen molar-refractivity contribution in [2.45, 2.75) is 51.5 Å². The summed E-state index contributed by atoms with van der Waals surface area (Å²) in [5, 5.41) is 0. The van der Waals surface area contributed by atoms with Gasteiger partial charge in [0.05, 0.1) is 11.8 Å². The second-order valence-corrected chi connectivity index (χ2v) is 11.2. The van der Waals surface area contributed by atoms with Gasteiger partial charge >= 0.3 is 0 Å². The monoisotopic (exact) mass is 395 g/mol. The predicted octanol–water partition coefficient (Wildman–Crippen LogP) is 3.44. The Morgan fingerprint density at radius 3 is 2.59 bits per heavy atom. The molecule has 0 N–H and O–H groups in total. The zero-order chi connectivity index (χ0) is 19.4. The van der Waals surface area contributed by atoms with Crippen LogP contribution in [0.5, 0.6) is 0 Å². The molecule has 0 radical (unpaired) electrons. The highest BCUT2D eigenvalue weighted by Crippen LogP contribution is 2.70. The topological polar surface area (TPSA) is 54.5 Å². The molecule has 146 valence electrons. The normalized spacial score (nSPS) is 40.2. The summed E-state index contributed by atoms with van der Waals surface area (Å²) in [5.74, 6) is -2.39. The van der Waals surface area contributed by atoms with E-state index in [1.165, 1.54) is 10.4 Å². The Kier molecular flexibility index (Phi) is 3.32. The van der Waals surface area contributed by atoms with Gasteiger partial charge in [-0.3, -0.25) is 4.79 Å². The Morgan fingerprint density at radius 1 is 1.19 bits per heavy atom. The molecule has 3 saturated carbocycles. The standard InChI is InChI=1S/C20H23F2NO3S/c1-19(2)12-5-6-20(19)10-27(25,26)23(17(20)8-12)18(24)14-9-13(14)11-3-4-15(21)16(22)7-11/h3-4,7,12-14,17H,5-6,8-10H2,1-2H3/t12?,13-,14+,17?,20+/m0/s1. The number of carbonyl (C=O) groups excluding carboxylic acids is 1. The molecule has 27 heavy (non-hydrogen) atoms. The van der Waals surface area contributed by atoms with E-state index in [0.29, 0.717) is 17.9 Å². The van der Waals surface area contributed by atoms with Gasteiger partial charge in [-0.25, -0.2) is 21.5 Å². The summed E-state index contributed by atoms with van der Waals surface area (Å²) < 4.78 is 53.8. The first-order valence-corrected chi connectivity index (χ1v) is 11.2. The minimum absolute atomic E-state index is 0.0580. The maximum Gasteiger partial charge on any atom is 0.240 e. The van der Waals surface area contributed by atoms with E-state index in [0.717, 1.165) is 31.4 Å². The van der Waals surface area contributed by atoms with Gasteiger partial charge in [0.2, 0.25) is 15.9 Å². The molecule has 7 heteroatoms. The van der Waals surface area contributed by atoms with Crippen LogP contribution < -0.4 is 0 Å². The molecule has 1 aromatic carbocycles. The van der Waals surface area contributed by atoms with Crippen molar-refractivity contribution >= 4 is 15.9 Å².